The number of ether oxygens (including phenoxy) is 2. The van der Waals surface area contributed by atoms with Gasteiger partial charge in [-0.05, 0) is 43.2 Å². The number of aromatic nitrogens is 2. The Morgan fingerprint density at radius 1 is 1.02 bits per heavy atom. The normalized spacial score (nSPS) is 13.8. The Bertz CT molecular complexity index is 1670. The first-order chi connectivity index (χ1) is 19.1. The molecule has 2 heterocycles. The van der Waals surface area contributed by atoms with E-state index in [-0.39, 0.29) is 32.1 Å². The number of anilines is 1. The first-order valence-corrected chi connectivity index (χ1v) is 14.1. The minimum Gasteiger partial charge on any atom is -0.478 e. The standard InChI is InChI=1S/C26H19F2N3O7S2/c27-16-4-9-20(19(28)11-16)37-23(14-1-5-17(6-2-14)40(35,36)18-7-8-18)24(32)31-26-30-13-22(39-26)38-21-10-3-15(12-29-21)25(33)34/h1-6,9-13,18,23H,7-8H2,(H,33,34)(H,30,31,32). The van der Waals surface area contributed by atoms with Crippen molar-refractivity contribution in [3.8, 4) is 16.7 Å². The third kappa shape index (κ3) is 6.07. The van der Waals surface area contributed by atoms with Gasteiger partial charge in [0.1, 0.15) is 5.82 Å². The van der Waals surface area contributed by atoms with Crippen LogP contribution in [0.3, 0.4) is 0 Å². The molecule has 1 saturated carbocycles. The highest BCUT2D eigenvalue weighted by Gasteiger charge is 2.37. The first-order valence-electron chi connectivity index (χ1n) is 11.7. The van der Waals surface area contributed by atoms with Crippen molar-refractivity contribution in [2.75, 3.05) is 5.32 Å². The van der Waals surface area contributed by atoms with Gasteiger partial charge in [-0.1, -0.05) is 23.5 Å². The summed E-state index contributed by atoms with van der Waals surface area (Å²) in [7, 11) is -3.48. The zero-order chi connectivity index (χ0) is 28.4. The Kier molecular flexibility index (Phi) is 7.45. The number of rotatable bonds is 10. The molecule has 0 aliphatic heterocycles. The molecule has 2 aromatic carbocycles. The van der Waals surface area contributed by atoms with Gasteiger partial charge in [-0.3, -0.25) is 10.1 Å². The van der Waals surface area contributed by atoms with E-state index >= 15 is 0 Å². The van der Waals surface area contributed by atoms with Crippen LogP contribution in [0.1, 0.15) is 34.9 Å². The van der Waals surface area contributed by atoms with Gasteiger partial charge in [0.25, 0.3) is 5.91 Å². The van der Waals surface area contributed by atoms with E-state index in [9.17, 15) is 26.8 Å². The second-order valence-corrected chi connectivity index (χ2v) is 11.9. The molecule has 2 aromatic heterocycles. The van der Waals surface area contributed by atoms with Crippen molar-refractivity contribution in [1.82, 2.24) is 9.97 Å². The minimum atomic E-state index is -3.48. The molecule has 1 fully saturated rings. The third-order valence-corrected chi connectivity index (χ3v) is 8.82. The smallest absolute Gasteiger partial charge is 0.337 e. The lowest BCUT2D eigenvalue weighted by Crippen LogP contribution is -2.26. The van der Waals surface area contributed by atoms with Crippen LogP contribution in [0, 0.1) is 11.6 Å². The maximum atomic E-state index is 14.4. The highest BCUT2D eigenvalue weighted by atomic mass is 32.2. The summed E-state index contributed by atoms with van der Waals surface area (Å²) in [5.74, 6) is -4.07. The van der Waals surface area contributed by atoms with Crippen LogP contribution >= 0.6 is 11.3 Å². The van der Waals surface area contributed by atoms with Gasteiger partial charge >= 0.3 is 5.97 Å². The molecule has 4 aromatic rings. The van der Waals surface area contributed by atoms with Gasteiger partial charge < -0.3 is 14.6 Å². The number of pyridine rings is 1. The second kappa shape index (κ2) is 11.0. The van der Waals surface area contributed by atoms with Gasteiger partial charge in [-0.2, -0.15) is 0 Å². The Hall–Kier alpha value is -4.43. The highest BCUT2D eigenvalue weighted by Crippen LogP contribution is 2.35. The molecule has 0 spiro atoms. The van der Waals surface area contributed by atoms with Crippen LogP contribution in [0.2, 0.25) is 0 Å². The van der Waals surface area contributed by atoms with Crippen molar-refractivity contribution in [2.24, 2.45) is 0 Å². The number of benzene rings is 2. The number of carbonyl (C=O) groups excluding carboxylic acids is 1. The Morgan fingerprint density at radius 3 is 2.40 bits per heavy atom. The number of thiazole rings is 1. The number of nitrogens with zero attached hydrogens (tertiary/aromatic N) is 2. The third-order valence-electron chi connectivity index (χ3n) is 5.75. The molecular formula is C26H19F2N3O7S2. The van der Waals surface area contributed by atoms with Crippen molar-refractivity contribution in [3.05, 3.63) is 89.8 Å². The number of hydrogen-bond donors (Lipinski definition) is 2. The monoisotopic (exact) mass is 587 g/mol. The molecule has 206 valence electrons. The lowest BCUT2D eigenvalue weighted by Gasteiger charge is -2.19. The summed E-state index contributed by atoms with van der Waals surface area (Å²) < 4.78 is 64.1. The maximum Gasteiger partial charge on any atom is 0.337 e. The van der Waals surface area contributed by atoms with Crippen LogP contribution in [-0.4, -0.2) is 40.6 Å². The van der Waals surface area contributed by atoms with E-state index in [1.807, 2.05) is 0 Å². The van der Waals surface area contributed by atoms with Gasteiger partial charge in [-0.25, -0.2) is 32.0 Å². The van der Waals surface area contributed by atoms with Crippen molar-refractivity contribution >= 4 is 38.2 Å². The Balaban J connectivity index is 1.36. The predicted molar refractivity (Wildman–Crippen MR) is 138 cm³/mol. The Labute approximate surface area is 230 Å². The van der Waals surface area contributed by atoms with E-state index in [0.29, 0.717) is 18.9 Å². The average molecular weight is 588 g/mol. The van der Waals surface area contributed by atoms with E-state index in [2.05, 4.69) is 15.3 Å². The van der Waals surface area contributed by atoms with Crippen LogP contribution in [0.15, 0.2) is 71.9 Å². The number of carboxylic acids is 1. The van der Waals surface area contributed by atoms with Gasteiger partial charge in [0.05, 0.1) is 21.9 Å². The largest absolute Gasteiger partial charge is 0.478 e. The van der Waals surface area contributed by atoms with Crippen LogP contribution in [0.25, 0.3) is 0 Å². The fourth-order valence-corrected chi connectivity index (χ4v) is 5.92. The van der Waals surface area contributed by atoms with Crippen LogP contribution in [0.5, 0.6) is 16.7 Å². The Morgan fingerprint density at radius 2 is 1.77 bits per heavy atom. The van der Waals surface area contributed by atoms with Crippen LogP contribution < -0.4 is 14.8 Å². The number of carbonyl (C=O) groups is 2. The van der Waals surface area contributed by atoms with E-state index in [0.717, 1.165) is 29.7 Å². The molecule has 14 heteroatoms. The first kappa shape index (κ1) is 27.1. The minimum absolute atomic E-state index is 0.0218. The van der Waals surface area contributed by atoms with Gasteiger partial charge in [0.15, 0.2) is 26.5 Å². The molecule has 1 unspecified atom stereocenters. The summed E-state index contributed by atoms with van der Waals surface area (Å²) in [4.78, 5) is 32.3. The van der Waals surface area contributed by atoms with Crippen molar-refractivity contribution < 1.29 is 41.4 Å². The molecule has 40 heavy (non-hydrogen) atoms. The summed E-state index contributed by atoms with van der Waals surface area (Å²) >= 11 is 0.926. The molecule has 1 atom stereocenters. The molecular weight excluding hydrogens is 568 g/mol. The van der Waals surface area contributed by atoms with E-state index in [1.54, 1.807) is 0 Å². The lowest BCUT2D eigenvalue weighted by molar-refractivity contribution is -0.123. The van der Waals surface area contributed by atoms with E-state index in [1.165, 1.54) is 42.6 Å². The van der Waals surface area contributed by atoms with Gasteiger partial charge in [0, 0.05) is 23.9 Å². The van der Waals surface area contributed by atoms with E-state index < -0.39 is 50.5 Å². The number of sulfone groups is 1. The molecule has 1 amide bonds. The topological polar surface area (TPSA) is 145 Å². The molecule has 5 rings (SSSR count). The summed E-state index contributed by atoms with van der Waals surface area (Å²) in [5, 5.41) is 11.4. The molecule has 1 aliphatic carbocycles. The SMILES string of the molecule is O=C(O)c1ccc(Oc2cnc(NC(=O)C(Oc3ccc(F)cc3F)c3ccc(S(=O)(=O)C4CC4)cc3)s2)nc1. The number of carboxylic acid groups (broad SMARTS) is 1. The fraction of sp³-hybridized carbons (Fsp3) is 0.154. The molecule has 2 N–H and O–H groups in total. The summed E-state index contributed by atoms with van der Waals surface area (Å²) in [6, 6.07) is 10.8. The molecule has 10 nitrogen and oxygen atoms in total. The molecule has 1 aliphatic rings. The second-order valence-electron chi connectivity index (χ2n) is 8.65. The molecule has 0 bridgehead atoms. The van der Waals surface area contributed by atoms with Gasteiger partial charge in [0.2, 0.25) is 17.0 Å². The fourth-order valence-electron chi connectivity index (χ4n) is 3.58. The van der Waals surface area contributed by atoms with Crippen LogP contribution in [0.4, 0.5) is 13.9 Å². The number of aromatic carboxylic acids is 1. The van der Waals surface area contributed by atoms with Gasteiger partial charge in [-0.15, -0.1) is 0 Å². The molecule has 0 saturated heterocycles. The number of halogens is 2. The summed E-state index contributed by atoms with van der Waals surface area (Å²) in [6.07, 6.45) is 2.14. The van der Waals surface area contributed by atoms with E-state index in [4.69, 9.17) is 14.6 Å². The number of nitrogens with one attached hydrogen (secondary N) is 1. The van der Waals surface area contributed by atoms with Crippen LogP contribution in [-0.2, 0) is 14.6 Å². The zero-order valence-corrected chi connectivity index (χ0v) is 21.9. The number of hydrogen-bond acceptors (Lipinski definition) is 9. The quantitative estimate of drug-likeness (QED) is 0.262. The van der Waals surface area contributed by atoms with Crippen molar-refractivity contribution in [1.29, 1.82) is 0 Å². The van der Waals surface area contributed by atoms with Crippen molar-refractivity contribution in [2.45, 2.75) is 29.1 Å². The lowest BCUT2D eigenvalue weighted by atomic mass is 10.1. The maximum absolute atomic E-state index is 14.4. The molecule has 0 radical (unpaired) electrons. The highest BCUT2D eigenvalue weighted by molar-refractivity contribution is 7.92. The number of amides is 1. The summed E-state index contributed by atoms with van der Waals surface area (Å²) in [6.45, 7) is 0. The summed E-state index contributed by atoms with van der Waals surface area (Å²) in [5.41, 5.74) is 0.193. The average Bonchev–Trinajstić information content (AvgIpc) is 3.70. The zero-order valence-electron chi connectivity index (χ0n) is 20.3. The van der Waals surface area contributed by atoms with Crippen molar-refractivity contribution in [3.63, 3.8) is 0 Å². The predicted octanol–water partition coefficient (Wildman–Crippen LogP) is 5.00.